The van der Waals surface area contributed by atoms with E-state index in [-0.39, 0.29) is 18.4 Å². The minimum absolute atomic E-state index is 0. The summed E-state index contributed by atoms with van der Waals surface area (Å²) in [4.78, 5) is 0. The van der Waals surface area contributed by atoms with E-state index in [2.05, 4.69) is 24.0 Å². The number of hydrogen-bond acceptors (Lipinski definition) is 4. The minimum Gasteiger partial charge on any atom is -0.426 e. The summed E-state index contributed by atoms with van der Waals surface area (Å²) in [7, 11) is 0. The molecule has 14 heavy (non-hydrogen) atoms. The highest BCUT2D eigenvalue weighted by atomic mass is 35.5. The molecule has 0 saturated heterocycles. The molecule has 1 unspecified atom stereocenters. The van der Waals surface area contributed by atoms with Crippen molar-refractivity contribution in [3.63, 3.8) is 0 Å². The normalized spacial score (nSPS) is 12.6. The third-order valence-electron chi connectivity index (χ3n) is 1.78. The molecule has 1 rings (SSSR count). The zero-order chi connectivity index (χ0) is 9.84. The van der Waals surface area contributed by atoms with E-state index in [4.69, 9.17) is 10.2 Å². The van der Waals surface area contributed by atoms with Gasteiger partial charge in [0.15, 0.2) is 0 Å². The topological polar surface area (TPSA) is 64.9 Å². The van der Waals surface area contributed by atoms with Crippen molar-refractivity contribution in [2.75, 3.05) is 0 Å². The van der Waals surface area contributed by atoms with Crippen molar-refractivity contribution in [2.24, 2.45) is 11.7 Å². The first-order valence-corrected chi connectivity index (χ1v) is 4.62. The fraction of sp³-hybridized carbons (Fsp3) is 0.778. The number of nitrogens with two attached hydrogens (primary N) is 1. The Bertz CT molecular complexity index is 262. The van der Waals surface area contributed by atoms with E-state index in [9.17, 15) is 0 Å². The van der Waals surface area contributed by atoms with Gasteiger partial charge in [0.05, 0.1) is 0 Å². The van der Waals surface area contributed by atoms with Crippen LogP contribution in [0.15, 0.2) is 4.42 Å². The van der Waals surface area contributed by atoms with E-state index in [1.807, 2.05) is 0 Å². The number of aryl methyl sites for hydroxylation is 1. The molecule has 0 amide bonds. The van der Waals surface area contributed by atoms with Gasteiger partial charge in [0.1, 0.15) is 0 Å². The summed E-state index contributed by atoms with van der Waals surface area (Å²) in [5, 5.41) is 7.64. The standard InChI is InChI=1S/C9H17N3O.ClH/c1-6(2)4-8(10)5-9-12-11-7(3)13-9;/h6,8H,4-5,10H2,1-3H3;1H. The van der Waals surface area contributed by atoms with Crippen molar-refractivity contribution in [1.29, 1.82) is 0 Å². The fourth-order valence-corrected chi connectivity index (χ4v) is 1.33. The number of aromatic nitrogens is 2. The predicted molar refractivity (Wildman–Crippen MR) is 57.4 cm³/mol. The van der Waals surface area contributed by atoms with E-state index in [0.29, 0.717) is 24.1 Å². The first kappa shape index (κ1) is 13.4. The molecule has 5 heteroatoms. The largest absolute Gasteiger partial charge is 0.426 e. The van der Waals surface area contributed by atoms with Crippen molar-refractivity contribution in [2.45, 2.75) is 39.7 Å². The van der Waals surface area contributed by atoms with E-state index < -0.39 is 0 Å². The van der Waals surface area contributed by atoms with Gasteiger partial charge in [0.25, 0.3) is 0 Å². The van der Waals surface area contributed by atoms with Crippen molar-refractivity contribution in [1.82, 2.24) is 10.2 Å². The zero-order valence-corrected chi connectivity index (χ0v) is 9.67. The van der Waals surface area contributed by atoms with Gasteiger partial charge >= 0.3 is 0 Å². The van der Waals surface area contributed by atoms with Crippen LogP contribution in [0.1, 0.15) is 32.0 Å². The Labute approximate surface area is 90.7 Å². The zero-order valence-electron chi connectivity index (χ0n) is 8.86. The van der Waals surface area contributed by atoms with E-state index in [1.54, 1.807) is 6.92 Å². The summed E-state index contributed by atoms with van der Waals surface area (Å²) in [6.45, 7) is 6.09. The van der Waals surface area contributed by atoms with Gasteiger partial charge in [-0.2, -0.15) is 0 Å². The van der Waals surface area contributed by atoms with Crippen LogP contribution in [0.3, 0.4) is 0 Å². The molecule has 0 bridgehead atoms. The molecule has 0 fully saturated rings. The molecule has 2 N–H and O–H groups in total. The number of rotatable bonds is 4. The molecule has 1 atom stereocenters. The average Bonchev–Trinajstić information content (AvgIpc) is 2.33. The molecular formula is C9H18ClN3O. The summed E-state index contributed by atoms with van der Waals surface area (Å²) in [5.74, 6) is 1.86. The van der Waals surface area contributed by atoms with Gasteiger partial charge in [0, 0.05) is 19.4 Å². The molecular weight excluding hydrogens is 202 g/mol. The lowest BCUT2D eigenvalue weighted by atomic mass is 10.0. The van der Waals surface area contributed by atoms with Crippen molar-refractivity contribution < 1.29 is 4.42 Å². The van der Waals surface area contributed by atoms with Gasteiger partial charge in [-0.05, 0) is 12.3 Å². The van der Waals surface area contributed by atoms with Gasteiger partial charge in [-0.25, -0.2) is 0 Å². The molecule has 0 radical (unpaired) electrons. The minimum atomic E-state index is 0. The summed E-state index contributed by atoms with van der Waals surface area (Å²) >= 11 is 0. The first-order chi connectivity index (χ1) is 6.08. The van der Waals surface area contributed by atoms with E-state index in [1.165, 1.54) is 0 Å². The predicted octanol–water partition coefficient (Wildman–Crippen LogP) is 1.72. The van der Waals surface area contributed by atoms with Crippen LogP contribution in [0.5, 0.6) is 0 Å². The second kappa shape index (κ2) is 5.98. The van der Waals surface area contributed by atoms with Crippen LogP contribution in [0, 0.1) is 12.8 Å². The third-order valence-corrected chi connectivity index (χ3v) is 1.78. The Morgan fingerprint density at radius 3 is 2.43 bits per heavy atom. The third kappa shape index (κ3) is 4.58. The molecule has 0 aliphatic heterocycles. The molecule has 0 saturated carbocycles. The number of halogens is 1. The van der Waals surface area contributed by atoms with Crippen LogP contribution in [0.25, 0.3) is 0 Å². The van der Waals surface area contributed by atoms with E-state index in [0.717, 1.165) is 6.42 Å². The maximum absolute atomic E-state index is 5.89. The van der Waals surface area contributed by atoms with Gasteiger partial charge in [-0.3, -0.25) is 0 Å². The SMILES string of the molecule is Cc1nnc(CC(N)CC(C)C)o1.Cl. The molecule has 0 aliphatic carbocycles. The van der Waals surface area contributed by atoms with Crippen LogP contribution in [0.2, 0.25) is 0 Å². The molecule has 4 nitrogen and oxygen atoms in total. The van der Waals surface area contributed by atoms with Crippen LogP contribution in [-0.4, -0.2) is 16.2 Å². The molecule has 1 aromatic rings. The van der Waals surface area contributed by atoms with E-state index >= 15 is 0 Å². The summed E-state index contributed by atoms with van der Waals surface area (Å²) in [5.41, 5.74) is 5.89. The molecule has 0 aromatic carbocycles. The highest BCUT2D eigenvalue weighted by Gasteiger charge is 2.10. The van der Waals surface area contributed by atoms with Crippen molar-refractivity contribution in [3.8, 4) is 0 Å². The van der Waals surface area contributed by atoms with Crippen LogP contribution in [0.4, 0.5) is 0 Å². The summed E-state index contributed by atoms with van der Waals surface area (Å²) < 4.78 is 5.23. The molecule has 1 aromatic heterocycles. The number of hydrogen-bond donors (Lipinski definition) is 1. The molecule has 82 valence electrons. The Balaban J connectivity index is 0.00000169. The van der Waals surface area contributed by atoms with Gasteiger partial charge in [-0.1, -0.05) is 13.8 Å². The lowest BCUT2D eigenvalue weighted by Crippen LogP contribution is -2.24. The quantitative estimate of drug-likeness (QED) is 0.838. The maximum atomic E-state index is 5.89. The van der Waals surface area contributed by atoms with Gasteiger partial charge in [-0.15, -0.1) is 22.6 Å². The highest BCUT2D eigenvalue weighted by molar-refractivity contribution is 5.85. The summed E-state index contributed by atoms with van der Waals surface area (Å²) in [6, 6.07) is 0.125. The molecule has 0 spiro atoms. The Hall–Kier alpha value is -0.610. The highest BCUT2D eigenvalue weighted by Crippen LogP contribution is 2.08. The van der Waals surface area contributed by atoms with Crippen LogP contribution >= 0.6 is 12.4 Å². The fourth-order valence-electron chi connectivity index (χ4n) is 1.33. The average molecular weight is 220 g/mol. The Kier molecular flexibility index (Phi) is 5.72. The second-order valence-corrected chi connectivity index (χ2v) is 3.81. The first-order valence-electron chi connectivity index (χ1n) is 4.62. The smallest absolute Gasteiger partial charge is 0.218 e. The molecule has 0 aliphatic rings. The number of nitrogens with zero attached hydrogens (tertiary/aromatic N) is 2. The Morgan fingerprint density at radius 2 is 2.00 bits per heavy atom. The monoisotopic (exact) mass is 219 g/mol. The van der Waals surface area contributed by atoms with Gasteiger partial charge in [0.2, 0.25) is 11.8 Å². The van der Waals surface area contributed by atoms with Crippen molar-refractivity contribution >= 4 is 12.4 Å². The van der Waals surface area contributed by atoms with Crippen LogP contribution in [-0.2, 0) is 6.42 Å². The van der Waals surface area contributed by atoms with Gasteiger partial charge < -0.3 is 10.2 Å². The maximum Gasteiger partial charge on any atom is 0.218 e. The lowest BCUT2D eigenvalue weighted by molar-refractivity contribution is 0.419. The van der Waals surface area contributed by atoms with Crippen LogP contribution < -0.4 is 5.73 Å². The molecule has 1 heterocycles. The van der Waals surface area contributed by atoms with Crippen molar-refractivity contribution in [3.05, 3.63) is 11.8 Å². The lowest BCUT2D eigenvalue weighted by Gasteiger charge is -2.10. The summed E-state index contributed by atoms with van der Waals surface area (Å²) in [6.07, 6.45) is 1.67. The second-order valence-electron chi connectivity index (χ2n) is 3.81. The Morgan fingerprint density at radius 1 is 1.36 bits per heavy atom.